The number of amides is 1. The van der Waals surface area contributed by atoms with Crippen molar-refractivity contribution in [3.8, 4) is 0 Å². The lowest BCUT2D eigenvalue weighted by molar-refractivity contribution is -0.115. The van der Waals surface area contributed by atoms with Crippen LogP contribution in [0.1, 0.15) is 29.6 Å². The Kier molecular flexibility index (Phi) is 6.30. The largest absolute Gasteiger partial charge is 0.337 e. The van der Waals surface area contributed by atoms with Gasteiger partial charge in [-0.05, 0) is 24.6 Å². The minimum atomic E-state index is -0.0537. The van der Waals surface area contributed by atoms with Crippen molar-refractivity contribution in [3.05, 3.63) is 88.7 Å². The Morgan fingerprint density at radius 3 is 2.47 bits per heavy atom. The lowest BCUT2D eigenvalue weighted by atomic mass is 10.1. The number of carbonyl (C=O) groups excluding carboxylic acids is 1. The lowest BCUT2D eigenvalue weighted by Gasteiger charge is -2.17. The molecule has 4 aromatic rings. The molecule has 4 rings (SSSR count). The SMILES string of the molecule is CC(=O)N(c1ccccc1)c1nc(CSc2nc(Cc3ccccc3)c(C)[nH]2)cs1. The molecule has 0 atom stereocenters. The lowest BCUT2D eigenvalue weighted by Crippen LogP contribution is -2.22. The van der Waals surface area contributed by atoms with Crippen molar-refractivity contribution in [2.45, 2.75) is 31.2 Å². The molecule has 1 amide bonds. The summed E-state index contributed by atoms with van der Waals surface area (Å²) in [5.74, 6) is 0.636. The molecule has 7 heteroatoms. The second-order valence-corrected chi connectivity index (χ2v) is 8.68. The number of thiazole rings is 1. The van der Waals surface area contributed by atoms with E-state index in [9.17, 15) is 4.79 Å². The molecule has 0 saturated carbocycles. The number of anilines is 2. The molecule has 0 fully saturated rings. The number of thioether (sulfide) groups is 1. The first-order chi connectivity index (χ1) is 14.6. The van der Waals surface area contributed by atoms with Crippen molar-refractivity contribution in [3.63, 3.8) is 0 Å². The Labute approximate surface area is 184 Å². The molecule has 0 spiro atoms. The van der Waals surface area contributed by atoms with Crippen LogP contribution in [-0.2, 0) is 17.0 Å². The maximum atomic E-state index is 12.2. The molecule has 2 aromatic carbocycles. The van der Waals surface area contributed by atoms with E-state index < -0.39 is 0 Å². The smallest absolute Gasteiger partial charge is 0.230 e. The third kappa shape index (κ3) is 4.80. The summed E-state index contributed by atoms with van der Waals surface area (Å²) in [7, 11) is 0. The first-order valence-electron chi connectivity index (χ1n) is 9.62. The Morgan fingerprint density at radius 2 is 1.77 bits per heavy atom. The highest BCUT2D eigenvalue weighted by atomic mass is 32.2. The van der Waals surface area contributed by atoms with Crippen molar-refractivity contribution in [2.24, 2.45) is 0 Å². The maximum Gasteiger partial charge on any atom is 0.230 e. The van der Waals surface area contributed by atoms with Crippen LogP contribution in [-0.4, -0.2) is 20.9 Å². The minimum absolute atomic E-state index is 0.0537. The Balaban J connectivity index is 1.43. The number of rotatable bonds is 7. The van der Waals surface area contributed by atoms with E-state index in [2.05, 4.69) is 29.0 Å². The van der Waals surface area contributed by atoms with Crippen LogP contribution in [0.2, 0.25) is 0 Å². The van der Waals surface area contributed by atoms with Crippen molar-refractivity contribution < 1.29 is 4.79 Å². The summed E-state index contributed by atoms with van der Waals surface area (Å²) in [6.45, 7) is 3.61. The van der Waals surface area contributed by atoms with Gasteiger partial charge in [-0.15, -0.1) is 11.3 Å². The minimum Gasteiger partial charge on any atom is -0.337 e. The van der Waals surface area contributed by atoms with Crippen molar-refractivity contribution in [2.75, 3.05) is 4.90 Å². The van der Waals surface area contributed by atoms with Gasteiger partial charge in [0.15, 0.2) is 10.3 Å². The normalized spacial score (nSPS) is 10.9. The molecule has 152 valence electrons. The Hall–Kier alpha value is -2.90. The third-order valence-corrected chi connectivity index (χ3v) is 6.38. The fourth-order valence-corrected chi connectivity index (χ4v) is 4.93. The van der Waals surface area contributed by atoms with E-state index in [4.69, 9.17) is 4.98 Å². The van der Waals surface area contributed by atoms with E-state index in [1.54, 1.807) is 23.6 Å². The number of imidazole rings is 1. The topological polar surface area (TPSA) is 61.9 Å². The zero-order chi connectivity index (χ0) is 20.9. The summed E-state index contributed by atoms with van der Waals surface area (Å²) in [6.07, 6.45) is 0.815. The van der Waals surface area contributed by atoms with Gasteiger partial charge in [0.1, 0.15) is 0 Å². The number of aromatic nitrogens is 3. The highest BCUT2D eigenvalue weighted by molar-refractivity contribution is 7.98. The predicted octanol–water partition coefficient (Wildman–Crippen LogP) is 5.74. The number of hydrogen-bond donors (Lipinski definition) is 1. The number of benzene rings is 2. The van der Waals surface area contributed by atoms with Crippen LogP contribution >= 0.6 is 23.1 Å². The van der Waals surface area contributed by atoms with Crippen molar-refractivity contribution in [1.82, 2.24) is 15.0 Å². The van der Waals surface area contributed by atoms with Gasteiger partial charge in [0.2, 0.25) is 5.91 Å². The molecular weight excluding hydrogens is 412 g/mol. The molecule has 0 aliphatic heterocycles. The average Bonchev–Trinajstić information content (AvgIpc) is 3.35. The number of hydrogen-bond acceptors (Lipinski definition) is 5. The molecule has 5 nitrogen and oxygen atoms in total. The second-order valence-electron chi connectivity index (χ2n) is 6.88. The van der Waals surface area contributed by atoms with E-state index >= 15 is 0 Å². The summed E-state index contributed by atoms with van der Waals surface area (Å²) in [4.78, 5) is 26.7. The molecule has 30 heavy (non-hydrogen) atoms. The molecule has 0 bridgehead atoms. The Morgan fingerprint density at radius 1 is 1.07 bits per heavy atom. The van der Waals surface area contributed by atoms with E-state index in [0.717, 1.165) is 34.3 Å². The number of carbonyl (C=O) groups is 1. The van der Waals surface area contributed by atoms with Crippen LogP contribution in [0.5, 0.6) is 0 Å². The van der Waals surface area contributed by atoms with Gasteiger partial charge in [-0.25, -0.2) is 9.97 Å². The van der Waals surface area contributed by atoms with Gasteiger partial charge >= 0.3 is 0 Å². The number of nitrogens with one attached hydrogen (secondary N) is 1. The van der Waals surface area contributed by atoms with E-state index in [0.29, 0.717) is 10.9 Å². The molecule has 2 heterocycles. The van der Waals surface area contributed by atoms with Gasteiger partial charge in [-0.2, -0.15) is 0 Å². The summed E-state index contributed by atoms with van der Waals surface area (Å²) < 4.78 is 0. The summed E-state index contributed by atoms with van der Waals surface area (Å²) in [5, 5.41) is 3.58. The summed E-state index contributed by atoms with van der Waals surface area (Å²) >= 11 is 3.10. The highest BCUT2D eigenvalue weighted by Crippen LogP contribution is 2.31. The molecule has 0 radical (unpaired) electrons. The zero-order valence-corrected chi connectivity index (χ0v) is 18.5. The summed E-state index contributed by atoms with van der Waals surface area (Å²) in [5.41, 5.74) is 5.16. The first-order valence-corrected chi connectivity index (χ1v) is 11.5. The predicted molar refractivity (Wildman–Crippen MR) is 124 cm³/mol. The number of para-hydroxylation sites is 1. The highest BCUT2D eigenvalue weighted by Gasteiger charge is 2.18. The standard InChI is InChI=1S/C23H22N4OS2/c1-16-21(13-18-9-5-3-6-10-18)26-22(24-16)29-14-19-15-30-23(25-19)27(17(2)28)20-11-7-4-8-12-20/h3-12,15H,13-14H2,1-2H3,(H,24,26). The number of aromatic amines is 1. The Bertz CT molecular complexity index is 1120. The molecule has 0 unspecified atom stereocenters. The van der Waals surface area contributed by atoms with E-state index in [1.165, 1.54) is 16.9 Å². The molecule has 2 aromatic heterocycles. The molecule has 0 saturated heterocycles. The fourth-order valence-electron chi connectivity index (χ4n) is 3.11. The van der Waals surface area contributed by atoms with Gasteiger partial charge in [-0.1, -0.05) is 60.3 Å². The molecular formula is C23H22N4OS2. The van der Waals surface area contributed by atoms with Crippen LogP contribution in [0, 0.1) is 6.92 Å². The van der Waals surface area contributed by atoms with Gasteiger partial charge in [-0.3, -0.25) is 9.69 Å². The maximum absolute atomic E-state index is 12.2. The first kappa shape index (κ1) is 20.4. The van der Waals surface area contributed by atoms with Crippen LogP contribution in [0.15, 0.2) is 71.2 Å². The number of H-pyrrole nitrogens is 1. The van der Waals surface area contributed by atoms with E-state index in [-0.39, 0.29) is 5.91 Å². The fraction of sp³-hybridized carbons (Fsp3) is 0.174. The number of nitrogens with zero attached hydrogens (tertiary/aromatic N) is 3. The van der Waals surface area contributed by atoms with Crippen LogP contribution in [0.25, 0.3) is 0 Å². The van der Waals surface area contributed by atoms with Crippen molar-refractivity contribution >= 4 is 39.8 Å². The quantitative estimate of drug-likeness (QED) is 0.377. The molecule has 0 aliphatic carbocycles. The molecule has 1 N–H and O–H groups in total. The number of aryl methyl sites for hydroxylation is 1. The average molecular weight is 435 g/mol. The zero-order valence-electron chi connectivity index (χ0n) is 16.8. The van der Waals surface area contributed by atoms with Gasteiger partial charge < -0.3 is 4.98 Å². The summed E-state index contributed by atoms with van der Waals surface area (Å²) in [6, 6.07) is 20.0. The van der Waals surface area contributed by atoms with Gasteiger partial charge in [0.05, 0.1) is 17.1 Å². The van der Waals surface area contributed by atoms with Gasteiger partial charge in [0.25, 0.3) is 0 Å². The molecule has 0 aliphatic rings. The van der Waals surface area contributed by atoms with Crippen molar-refractivity contribution in [1.29, 1.82) is 0 Å². The third-order valence-electron chi connectivity index (χ3n) is 4.60. The van der Waals surface area contributed by atoms with Crippen LogP contribution in [0.4, 0.5) is 10.8 Å². The van der Waals surface area contributed by atoms with Gasteiger partial charge in [0, 0.05) is 30.2 Å². The second kappa shape index (κ2) is 9.28. The van der Waals surface area contributed by atoms with Crippen LogP contribution in [0.3, 0.4) is 0 Å². The van der Waals surface area contributed by atoms with E-state index in [1.807, 2.05) is 53.9 Å². The monoisotopic (exact) mass is 434 g/mol. The van der Waals surface area contributed by atoms with Crippen LogP contribution < -0.4 is 4.90 Å².